The van der Waals surface area contributed by atoms with Gasteiger partial charge in [-0.25, -0.2) is 0 Å². The Balaban J connectivity index is 2.07. The summed E-state index contributed by atoms with van der Waals surface area (Å²) in [4.78, 5) is 23.9. The van der Waals surface area contributed by atoms with Gasteiger partial charge in [0.15, 0.2) is 0 Å². The molecule has 0 heterocycles. The first-order chi connectivity index (χ1) is 14.0. The summed E-state index contributed by atoms with van der Waals surface area (Å²) >= 11 is 0. The Morgan fingerprint density at radius 3 is 2.34 bits per heavy atom. The van der Waals surface area contributed by atoms with Gasteiger partial charge in [-0.3, -0.25) is 25.7 Å². The molecule has 1 N–H and O–H groups in total. The molecule has 1 aliphatic carbocycles. The number of non-ortho nitro benzene ring substituents is 1. The topological polar surface area (TPSA) is 159 Å². The molecule has 148 valence electrons. The van der Waals surface area contributed by atoms with Crippen LogP contribution in [-0.4, -0.2) is 21.1 Å². The molecule has 29 heavy (non-hydrogen) atoms. The van der Waals surface area contributed by atoms with Crippen molar-refractivity contribution < 1.29 is 9.85 Å². The highest BCUT2D eigenvalue weighted by Crippen LogP contribution is 2.37. The number of benzene rings is 2. The third-order valence-corrected chi connectivity index (χ3v) is 4.83. The largest absolute Gasteiger partial charge is 0.301 e. The van der Waals surface area contributed by atoms with Crippen molar-refractivity contribution in [3.8, 4) is 0 Å². The first-order valence-corrected chi connectivity index (χ1v) is 8.85. The number of nitrogens with zero attached hydrogens (tertiary/aromatic N) is 6. The van der Waals surface area contributed by atoms with Gasteiger partial charge >= 0.3 is 5.69 Å². The lowest BCUT2D eigenvalue weighted by Crippen LogP contribution is -2.34. The van der Waals surface area contributed by atoms with E-state index >= 15 is 0 Å². The van der Waals surface area contributed by atoms with E-state index in [1.807, 2.05) is 30.3 Å². The van der Waals surface area contributed by atoms with Crippen LogP contribution in [0.3, 0.4) is 0 Å². The molecule has 0 aliphatic heterocycles. The molecular formula is C18H17N7O4. The van der Waals surface area contributed by atoms with Gasteiger partial charge < -0.3 is 0 Å². The second kappa shape index (κ2) is 8.36. The molecule has 1 fully saturated rings. The van der Waals surface area contributed by atoms with E-state index in [1.165, 1.54) is 6.07 Å². The lowest BCUT2D eigenvalue weighted by Gasteiger charge is -2.25. The summed E-state index contributed by atoms with van der Waals surface area (Å²) in [5.41, 5.74) is 11.2. The van der Waals surface area contributed by atoms with Gasteiger partial charge in [0.05, 0.1) is 27.2 Å². The van der Waals surface area contributed by atoms with Gasteiger partial charge in [-0.15, -0.1) is 0 Å². The molecule has 11 heteroatoms. The van der Waals surface area contributed by atoms with E-state index in [4.69, 9.17) is 5.53 Å². The fraction of sp³-hybridized carbons (Fsp3) is 0.278. The Bertz CT molecular complexity index is 1010. The summed E-state index contributed by atoms with van der Waals surface area (Å²) in [6.45, 7) is 0. The number of azide groups is 1. The summed E-state index contributed by atoms with van der Waals surface area (Å²) in [7, 11) is 0. The number of nitro groups is 2. The molecule has 2 aromatic rings. The smallest absolute Gasteiger partial charge is 0.271 e. The third-order valence-electron chi connectivity index (χ3n) is 4.83. The normalized spacial score (nSPS) is 15.4. The minimum absolute atomic E-state index is 0.00288. The number of nitro benzene ring substituents is 2. The van der Waals surface area contributed by atoms with Crippen LogP contribution in [-0.2, 0) is 0 Å². The van der Waals surface area contributed by atoms with E-state index in [-0.39, 0.29) is 5.69 Å². The maximum Gasteiger partial charge on any atom is 0.301 e. The second-order valence-electron chi connectivity index (χ2n) is 6.58. The van der Waals surface area contributed by atoms with E-state index in [0.717, 1.165) is 30.5 Å². The third kappa shape index (κ3) is 4.14. The van der Waals surface area contributed by atoms with Crippen LogP contribution in [0, 0.1) is 20.2 Å². The molecule has 0 atom stereocenters. The number of nitrogens with one attached hydrogen (secondary N) is 1. The van der Waals surface area contributed by atoms with Crippen LogP contribution >= 0.6 is 0 Å². The van der Waals surface area contributed by atoms with Crippen LogP contribution in [0.25, 0.3) is 10.4 Å². The predicted molar refractivity (Wildman–Crippen MR) is 107 cm³/mol. The summed E-state index contributed by atoms with van der Waals surface area (Å²) in [6.07, 6.45) is 2.94. The molecule has 0 amide bonds. The van der Waals surface area contributed by atoms with Crippen LogP contribution in [0.1, 0.15) is 31.2 Å². The van der Waals surface area contributed by atoms with Gasteiger partial charge in [0, 0.05) is 11.0 Å². The van der Waals surface area contributed by atoms with Crippen molar-refractivity contribution in [2.75, 3.05) is 5.43 Å². The van der Waals surface area contributed by atoms with Gasteiger partial charge in [-0.05, 0) is 30.0 Å². The zero-order chi connectivity index (χ0) is 20.9. The van der Waals surface area contributed by atoms with E-state index in [0.29, 0.717) is 18.6 Å². The summed E-state index contributed by atoms with van der Waals surface area (Å²) in [5.74, 6) is 0. The van der Waals surface area contributed by atoms with Crippen LogP contribution in [0.2, 0.25) is 0 Å². The van der Waals surface area contributed by atoms with Crippen molar-refractivity contribution in [2.45, 2.75) is 31.2 Å². The molecule has 0 saturated heterocycles. The molecule has 0 unspecified atom stereocenters. The molecule has 2 aromatic carbocycles. The highest BCUT2D eigenvalue weighted by Gasteiger charge is 2.39. The fourth-order valence-electron chi connectivity index (χ4n) is 3.46. The number of hydrogen-bond donors (Lipinski definition) is 1. The highest BCUT2D eigenvalue weighted by molar-refractivity contribution is 6.08. The summed E-state index contributed by atoms with van der Waals surface area (Å²) in [6, 6.07) is 12.4. The second-order valence-corrected chi connectivity index (χ2v) is 6.58. The Kier molecular flexibility index (Phi) is 5.70. The molecule has 1 aliphatic rings. The van der Waals surface area contributed by atoms with Crippen molar-refractivity contribution in [2.24, 2.45) is 10.2 Å². The van der Waals surface area contributed by atoms with Crippen LogP contribution in [0.15, 0.2) is 58.7 Å². The van der Waals surface area contributed by atoms with E-state index in [1.54, 1.807) is 0 Å². The Morgan fingerprint density at radius 2 is 1.76 bits per heavy atom. The zero-order valence-corrected chi connectivity index (χ0v) is 15.3. The summed E-state index contributed by atoms with van der Waals surface area (Å²) in [5, 5.41) is 30.7. The standard InChI is InChI=1S/C18H17N7O4/c19-23-22-18(10-4-5-11-18)17(13-6-2-1-3-7-13)21-20-15-9-8-14(24(26)27)12-16(15)25(28)29/h1-3,6-9,12,20H,4-5,10-11H2. The van der Waals surface area contributed by atoms with Crippen LogP contribution in [0.5, 0.6) is 0 Å². The number of rotatable bonds is 7. The number of anilines is 1. The van der Waals surface area contributed by atoms with Gasteiger partial charge in [-0.2, -0.15) is 5.10 Å². The molecular weight excluding hydrogens is 378 g/mol. The lowest BCUT2D eigenvalue weighted by atomic mass is 9.87. The molecule has 0 bridgehead atoms. The minimum Gasteiger partial charge on any atom is -0.271 e. The van der Waals surface area contributed by atoms with Crippen molar-refractivity contribution in [1.82, 2.24) is 0 Å². The zero-order valence-electron chi connectivity index (χ0n) is 15.3. The highest BCUT2D eigenvalue weighted by atomic mass is 16.6. The molecule has 0 spiro atoms. The monoisotopic (exact) mass is 395 g/mol. The maximum atomic E-state index is 11.4. The maximum absolute atomic E-state index is 11.4. The van der Waals surface area contributed by atoms with Gasteiger partial charge in [0.2, 0.25) is 0 Å². The lowest BCUT2D eigenvalue weighted by molar-refractivity contribution is -0.393. The SMILES string of the molecule is [N-]=[N+]=NC1(C(=NNc2ccc([N+](=O)[O-])cc2[N+](=O)[O-])c2ccccc2)CCCC1. The summed E-state index contributed by atoms with van der Waals surface area (Å²) < 4.78 is 0. The molecule has 3 rings (SSSR count). The molecule has 11 nitrogen and oxygen atoms in total. The van der Waals surface area contributed by atoms with E-state index in [9.17, 15) is 20.2 Å². The molecule has 0 aromatic heterocycles. The average Bonchev–Trinajstić information content (AvgIpc) is 3.18. The van der Waals surface area contributed by atoms with Gasteiger partial charge in [0.25, 0.3) is 5.69 Å². The fourth-order valence-corrected chi connectivity index (χ4v) is 3.46. The number of hydrogen-bond acceptors (Lipinski definition) is 7. The van der Waals surface area contributed by atoms with Crippen LogP contribution < -0.4 is 5.43 Å². The number of hydrazone groups is 1. The van der Waals surface area contributed by atoms with Crippen molar-refractivity contribution in [1.29, 1.82) is 0 Å². The molecule has 1 saturated carbocycles. The van der Waals surface area contributed by atoms with Crippen molar-refractivity contribution >= 4 is 22.8 Å². The van der Waals surface area contributed by atoms with Gasteiger partial charge in [-0.1, -0.05) is 48.3 Å². The van der Waals surface area contributed by atoms with E-state index in [2.05, 4.69) is 20.6 Å². The van der Waals surface area contributed by atoms with Crippen LogP contribution in [0.4, 0.5) is 17.1 Å². The predicted octanol–water partition coefficient (Wildman–Crippen LogP) is 4.94. The Morgan fingerprint density at radius 1 is 1.07 bits per heavy atom. The van der Waals surface area contributed by atoms with Crippen molar-refractivity contribution in [3.63, 3.8) is 0 Å². The minimum atomic E-state index is -0.862. The van der Waals surface area contributed by atoms with Gasteiger partial charge in [0.1, 0.15) is 5.69 Å². The van der Waals surface area contributed by atoms with Crippen molar-refractivity contribution in [3.05, 3.63) is 84.8 Å². The Hall–Kier alpha value is -3.98. The average molecular weight is 395 g/mol. The van der Waals surface area contributed by atoms with E-state index < -0.39 is 26.8 Å². The first-order valence-electron chi connectivity index (χ1n) is 8.85. The Labute approximate surface area is 165 Å². The quantitative estimate of drug-likeness (QED) is 0.175. The molecule has 0 radical (unpaired) electrons. The first kappa shape index (κ1) is 19.8.